The van der Waals surface area contributed by atoms with Crippen molar-refractivity contribution in [2.45, 2.75) is 33.3 Å². The molecular weight excluding hydrogens is 224 g/mol. The van der Waals surface area contributed by atoms with Crippen molar-refractivity contribution in [3.05, 3.63) is 17.5 Å². The first-order chi connectivity index (χ1) is 7.99. The van der Waals surface area contributed by atoms with Crippen LogP contribution < -0.4 is 5.32 Å². The summed E-state index contributed by atoms with van der Waals surface area (Å²) in [7, 11) is 0. The Bertz CT molecular complexity index is 398. The fraction of sp³-hybridized carbons (Fsp3) is 0.545. The number of hydrogen-bond acceptors (Lipinski definition) is 5. The van der Waals surface area contributed by atoms with E-state index in [2.05, 4.69) is 10.5 Å². The standard InChI is InChI=1S/C11H16N2O4/c1-7(2)16-10(14)4-5-12-11(15)9-6-8(3)17-13-9/h6-7H,4-5H2,1-3H3,(H,12,15). The van der Waals surface area contributed by atoms with Crippen LogP contribution >= 0.6 is 0 Å². The first-order valence-electron chi connectivity index (χ1n) is 5.40. The highest BCUT2D eigenvalue weighted by atomic mass is 16.5. The van der Waals surface area contributed by atoms with Crippen LogP contribution in [0.15, 0.2) is 10.6 Å². The third-order valence-corrected chi connectivity index (χ3v) is 1.84. The molecule has 0 radical (unpaired) electrons. The molecule has 1 aromatic rings. The molecule has 0 spiro atoms. The molecule has 0 aliphatic heterocycles. The monoisotopic (exact) mass is 240 g/mol. The van der Waals surface area contributed by atoms with Gasteiger partial charge in [-0.3, -0.25) is 9.59 Å². The van der Waals surface area contributed by atoms with Gasteiger partial charge in [-0.2, -0.15) is 0 Å². The number of aryl methyl sites for hydroxylation is 1. The predicted octanol–water partition coefficient (Wildman–Crippen LogP) is 1.05. The number of esters is 1. The highest BCUT2D eigenvalue weighted by Gasteiger charge is 2.11. The van der Waals surface area contributed by atoms with Crippen LogP contribution in [0.5, 0.6) is 0 Å². The number of carbonyl (C=O) groups is 2. The third-order valence-electron chi connectivity index (χ3n) is 1.84. The molecule has 94 valence electrons. The second kappa shape index (κ2) is 6.03. The summed E-state index contributed by atoms with van der Waals surface area (Å²) in [5.41, 5.74) is 0.208. The Morgan fingerprint density at radius 2 is 2.24 bits per heavy atom. The summed E-state index contributed by atoms with van der Waals surface area (Å²) >= 11 is 0. The van der Waals surface area contributed by atoms with E-state index in [-0.39, 0.29) is 36.6 Å². The smallest absolute Gasteiger partial charge is 0.307 e. The normalized spacial score (nSPS) is 10.4. The van der Waals surface area contributed by atoms with Gasteiger partial charge < -0.3 is 14.6 Å². The first kappa shape index (κ1) is 13.2. The van der Waals surface area contributed by atoms with Crippen molar-refractivity contribution in [3.63, 3.8) is 0 Å². The number of ether oxygens (including phenoxy) is 1. The molecule has 17 heavy (non-hydrogen) atoms. The number of hydrogen-bond donors (Lipinski definition) is 1. The van der Waals surface area contributed by atoms with Crippen LogP contribution in [0, 0.1) is 6.92 Å². The lowest BCUT2D eigenvalue weighted by Crippen LogP contribution is -2.27. The maximum Gasteiger partial charge on any atom is 0.307 e. The Hall–Kier alpha value is -1.85. The maximum absolute atomic E-state index is 11.5. The third kappa shape index (κ3) is 4.67. The van der Waals surface area contributed by atoms with Crippen LogP contribution in [0.1, 0.15) is 36.5 Å². The summed E-state index contributed by atoms with van der Waals surface area (Å²) in [5, 5.41) is 6.11. The molecule has 0 aromatic carbocycles. The lowest BCUT2D eigenvalue weighted by Gasteiger charge is -2.07. The van der Waals surface area contributed by atoms with Crippen molar-refractivity contribution < 1.29 is 18.8 Å². The molecule has 1 aromatic heterocycles. The van der Waals surface area contributed by atoms with Crippen LogP contribution in [-0.2, 0) is 9.53 Å². The van der Waals surface area contributed by atoms with Gasteiger partial charge in [0.1, 0.15) is 5.76 Å². The van der Waals surface area contributed by atoms with E-state index in [4.69, 9.17) is 9.26 Å². The highest BCUT2D eigenvalue weighted by molar-refractivity contribution is 5.92. The van der Waals surface area contributed by atoms with E-state index < -0.39 is 0 Å². The molecular formula is C11H16N2O4. The molecule has 6 heteroatoms. The number of nitrogens with one attached hydrogen (secondary N) is 1. The van der Waals surface area contributed by atoms with Crippen molar-refractivity contribution in [3.8, 4) is 0 Å². The average Bonchev–Trinajstić information content (AvgIpc) is 2.63. The van der Waals surface area contributed by atoms with Crippen molar-refractivity contribution in [2.75, 3.05) is 6.54 Å². The molecule has 1 amide bonds. The molecule has 6 nitrogen and oxygen atoms in total. The number of amides is 1. The second-order valence-corrected chi connectivity index (χ2v) is 3.87. The lowest BCUT2D eigenvalue weighted by atomic mass is 10.3. The zero-order valence-electron chi connectivity index (χ0n) is 10.1. The van der Waals surface area contributed by atoms with E-state index in [0.29, 0.717) is 5.76 Å². The van der Waals surface area contributed by atoms with Gasteiger partial charge in [-0.1, -0.05) is 5.16 Å². The quantitative estimate of drug-likeness (QED) is 0.778. The highest BCUT2D eigenvalue weighted by Crippen LogP contribution is 2.01. The molecule has 0 saturated carbocycles. The lowest BCUT2D eigenvalue weighted by molar-refractivity contribution is -0.147. The molecule has 1 rings (SSSR count). The van der Waals surface area contributed by atoms with Gasteiger partial charge in [0.05, 0.1) is 12.5 Å². The van der Waals surface area contributed by atoms with Crippen molar-refractivity contribution >= 4 is 11.9 Å². The molecule has 0 atom stereocenters. The zero-order chi connectivity index (χ0) is 12.8. The Kier molecular flexibility index (Phi) is 4.68. The minimum absolute atomic E-state index is 0.140. The van der Waals surface area contributed by atoms with Crippen molar-refractivity contribution in [2.24, 2.45) is 0 Å². The van der Waals surface area contributed by atoms with E-state index >= 15 is 0 Å². The Morgan fingerprint density at radius 3 is 2.76 bits per heavy atom. The van der Waals surface area contributed by atoms with Gasteiger partial charge >= 0.3 is 5.97 Å². The Labute approximate surface area is 99.3 Å². The maximum atomic E-state index is 11.5. The first-order valence-corrected chi connectivity index (χ1v) is 5.40. The number of nitrogens with zero attached hydrogens (tertiary/aromatic N) is 1. The minimum atomic E-state index is -0.362. The van der Waals surface area contributed by atoms with Crippen LogP contribution in [0.4, 0.5) is 0 Å². The van der Waals surface area contributed by atoms with Gasteiger partial charge in [-0.15, -0.1) is 0 Å². The summed E-state index contributed by atoms with van der Waals surface area (Å²) in [4.78, 5) is 22.6. The fourth-order valence-corrected chi connectivity index (χ4v) is 1.16. The Balaban J connectivity index is 2.27. The molecule has 0 fully saturated rings. The predicted molar refractivity (Wildman–Crippen MR) is 59.4 cm³/mol. The molecule has 0 aliphatic carbocycles. The van der Waals surface area contributed by atoms with Crippen molar-refractivity contribution in [1.82, 2.24) is 10.5 Å². The van der Waals surface area contributed by atoms with Crippen LogP contribution in [0.25, 0.3) is 0 Å². The van der Waals surface area contributed by atoms with Gasteiger partial charge in [-0.25, -0.2) is 0 Å². The summed E-state index contributed by atoms with van der Waals surface area (Å²) in [6, 6.07) is 1.53. The van der Waals surface area contributed by atoms with Crippen LogP contribution in [-0.4, -0.2) is 29.7 Å². The molecule has 0 aliphatic rings. The molecule has 1 N–H and O–H groups in total. The number of rotatable bonds is 5. The van der Waals surface area contributed by atoms with Gasteiger partial charge in [0.25, 0.3) is 5.91 Å². The topological polar surface area (TPSA) is 81.4 Å². The van der Waals surface area contributed by atoms with Gasteiger partial charge in [0.2, 0.25) is 0 Å². The molecule has 0 bridgehead atoms. The van der Waals surface area contributed by atoms with Gasteiger partial charge in [0.15, 0.2) is 5.69 Å². The van der Waals surface area contributed by atoms with Crippen LogP contribution in [0.2, 0.25) is 0 Å². The van der Waals surface area contributed by atoms with E-state index in [1.165, 1.54) is 6.07 Å². The largest absolute Gasteiger partial charge is 0.463 e. The SMILES string of the molecule is Cc1cc(C(=O)NCCC(=O)OC(C)C)no1. The molecule has 1 heterocycles. The van der Waals surface area contributed by atoms with Crippen molar-refractivity contribution in [1.29, 1.82) is 0 Å². The zero-order valence-corrected chi connectivity index (χ0v) is 10.1. The number of carbonyl (C=O) groups excluding carboxylic acids is 2. The van der Waals surface area contributed by atoms with Crippen LogP contribution in [0.3, 0.4) is 0 Å². The molecule has 0 saturated heterocycles. The minimum Gasteiger partial charge on any atom is -0.463 e. The summed E-state index contributed by atoms with van der Waals surface area (Å²) in [6.07, 6.45) is -0.00259. The average molecular weight is 240 g/mol. The summed E-state index contributed by atoms with van der Waals surface area (Å²) in [6.45, 7) is 5.46. The fourth-order valence-electron chi connectivity index (χ4n) is 1.16. The Morgan fingerprint density at radius 1 is 1.53 bits per heavy atom. The summed E-state index contributed by atoms with van der Waals surface area (Å²) < 4.78 is 9.68. The van der Waals surface area contributed by atoms with E-state index in [0.717, 1.165) is 0 Å². The number of aromatic nitrogens is 1. The van der Waals surface area contributed by atoms with E-state index in [1.54, 1.807) is 20.8 Å². The second-order valence-electron chi connectivity index (χ2n) is 3.87. The summed E-state index contributed by atoms with van der Waals surface area (Å²) in [5.74, 6) is -0.134. The van der Waals surface area contributed by atoms with Gasteiger partial charge in [-0.05, 0) is 20.8 Å². The van der Waals surface area contributed by atoms with Gasteiger partial charge in [0, 0.05) is 12.6 Å². The van der Waals surface area contributed by atoms with E-state index in [9.17, 15) is 9.59 Å². The van der Waals surface area contributed by atoms with E-state index in [1.807, 2.05) is 0 Å². The molecule has 0 unspecified atom stereocenters.